The van der Waals surface area contributed by atoms with E-state index in [0.717, 1.165) is 30.6 Å². The molecule has 2 aromatic carbocycles. The van der Waals surface area contributed by atoms with Crippen LogP contribution in [-0.2, 0) is 11.2 Å². The molecule has 26 heavy (non-hydrogen) atoms. The number of hydrazone groups is 1. The van der Waals surface area contributed by atoms with Crippen LogP contribution in [0, 0.1) is 0 Å². The van der Waals surface area contributed by atoms with Gasteiger partial charge in [-0.05, 0) is 48.2 Å². The molecule has 1 amide bonds. The van der Waals surface area contributed by atoms with Crippen molar-refractivity contribution in [3.05, 3.63) is 53.6 Å². The fourth-order valence-electron chi connectivity index (χ4n) is 3.10. The molecule has 0 atom stereocenters. The van der Waals surface area contributed by atoms with Crippen LogP contribution in [0.5, 0.6) is 11.5 Å². The van der Waals surface area contributed by atoms with Gasteiger partial charge >= 0.3 is 0 Å². The van der Waals surface area contributed by atoms with E-state index in [1.165, 1.54) is 5.56 Å². The minimum absolute atomic E-state index is 0.140. The summed E-state index contributed by atoms with van der Waals surface area (Å²) < 4.78 is 10.5. The van der Waals surface area contributed by atoms with Crippen molar-refractivity contribution < 1.29 is 14.3 Å². The zero-order chi connectivity index (χ0) is 18.4. The molecule has 0 bridgehead atoms. The van der Waals surface area contributed by atoms with E-state index < -0.39 is 0 Å². The summed E-state index contributed by atoms with van der Waals surface area (Å²) >= 11 is 0. The average molecular weight is 353 g/mol. The van der Waals surface area contributed by atoms with E-state index in [4.69, 9.17) is 9.47 Å². The molecule has 0 unspecified atom stereocenters. The van der Waals surface area contributed by atoms with Gasteiger partial charge in [0.05, 0.1) is 27.0 Å². The lowest BCUT2D eigenvalue weighted by molar-refractivity contribution is -0.119. The molecule has 0 aromatic heterocycles. The Morgan fingerprint density at radius 1 is 1.19 bits per heavy atom. The van der Waals surface area contributed by atoms with Crippen molar-refractivity contribution in [3.63, 3.8) is 0 Å². The lowest BCUT2D eigenvalue weighted by Gasteiger charge is -2.30. The van der Waals surface area contributed by atoms with Gasteiger partial charge in [-0.1, -0.05) is 18.2 Å². The second-order valence-corrected chi connectivity index (χ2v) is 6.06. The number of para-hydroxylation sites is 1. The van der Waals surface area contributed by atoms with Crippen molar-refractivity contribution in [2.24, 2.45) is 5.10 Å². The molecule has 1 N–H and O–H groups in total. The molecule has 0 aliphatic carbocycles. The summed E-state index contributed by atoms with van der Waals surface area (Å²) in [5.41, 5.74) is 5.83. The number of methoxy groups -OCH3 is 2. The molecule has 1 heterocycles. The summed E-state index contributed by atoms with van der Waals surface area (Å²) in [4.78, 5) is 14.3. The predicted molar refractivity (Wildman–Crippen MR) is 102 cm³/mol. The van der Waals surface area contributed by atoms with Gasteiger partial charge in [0.1, 0.15) is 0 Å². The molecular formula is C20H23N3O3. The summed E-state index contributed by atoms with van der Waals surface area (Å²) in [7, 11) is 3.17. The Kier molecular flexibility index (Phi) is 5.73. The SMILES string of the molecule is COc1ccc(/C=N/NC(=O)CN2CCCc3ccccc32)cc1OC. The number of aryl methyl sites for hydroxylation is 1. The second kappa shape index (κ2) is 8.38. The number of benzene rings is 2. The Balaban J connectivity index is 1.59. The molecule has 1 aliphatic rings. The molecule has 136 valence electrons. The molecule has 2 aromatic rings. The Hall–Kier alpha value is -3.02. The van der Waals surface area contributed by atoms with E-state index >= 15 is 0 Å². The largest absolute Gasteiger partial charge is 0.493 e. The number of anilines is 1. The van der Waals surface area contributed by atoms with Crippen LogP contribution in [0.15, 0.2) is 47.6 Å². The van der Waals surface area contributed by atoms with Gasteiger partial charge in [-0.2, -0.15) is 5.10 Å². The number of hydrogen-bond donors (Lipinski definition) is 1. The second-order valence-electron chi connectivity index (χ2n) is 6.06. The van der Waals surface area contributed by atoms with Gasteiger partial charge in [0.15, 0.2) is 11.5 Å². The first-order chi connectivity index (χ1) is 12.7. The maximum atomic E-state index is 12.2. The standard InChI is InChI=1S/C20H23N3O3/c1-25-18-10-9-15(12-19(18)26-2)13-21-22-20(24)14-23-11-5-7-16-6-3-4-8-17(16)23/h3-4,6,8-10,12-13H,5,7,11,14H2,1-2H3,(H,22,24)/b21-13+. The van der Waals surface area contributed by atoms with E-state index in [2.05, 4.69) is 27.6 Å². The van der Waals surface area contributed by atoms with Crippen molar-refractivity contribution in [2.45, 2.75) is 12.8 Å². The highest BCUT2D eigenvalue weighted by molar-refractivity contribution is 5.85. The number of amides is 1. The number of carbonyl (C=O) groups is 1. The number of ether oxygens (including phenoxy) is 2. The normalized spacial score (nSPS) is 13.4. The number of nitrogens with one attached hydrogen (secondary N) is 1. The molecule has 6 nitrogen and oxygen atoms in total. The zero-order valence-corrected chi connectivity index (χ0v) is 15.1. The highest BCUT2D eigenvalue weighted by Crippen LogP contribution is 2.27. The van der Waals surface area contributed by atoms with Crippen LogP contribution in [0.3, 0.4) is 0 Å². The molecule has 0 spiro atoms. The quantitative estimate of drug-likeness (QED) is 0.640. The molecule has 0 fully saturated rings. The lowest BCUT2D eigenvalue weighted by Crippen LogP contribution is -2.38. The maximum absolute atomic E-state index is 12.2. The van der Waals surface area contributed by atoms with Crippen LogP contribution in [-0.4, -0.2) is 39.4 Å². The molecule has 0 saturated heterocycles. The maximum Gasteiger partial charge on any atom is 0.259 e. The zero-order valence-electron chi connectivity index (χ0n) is 15.1. The first-order valence-corrected chi connectivity index (χ1v) is 8.58. The number of hydrogen-bond acceptors (Lipinski definition) is 5. The van der Waals surface area contributed by atoms with Gasteiger partial charge in [0.2, 0.25) is 0 Å². The summed E-state index contributed by atoms with van der Waals surface area (Å²) in [6.07, 6.45) is 3.70. The van der Waals surface area contributed by atoms with Crippen molar-refractivity contribution in [3.8, 4) is 11.5 Å². The number of nitrogens with zero attached hydrogens (tertiary/aromatic N) is 2. The van der Waals surface area contributed by atoms with Crippen molar-refractivity contribution in [1.82, 2.24) is 5.43 Å². The van der Waals surface area contributed by atoms with E-state index in [0.29, 0.717) is 18.0 Å². The monoisotopic (exact) mass is 353 g/mol. The summed E-state index contributed by atoms with van der Waals surface area (Å²) in [5.74, 6) is 1.13. The van der Waals surface area contributed by atoms with Crippen molar-refractivity contribution in [2.75, 3.05) is 32.2 Å². The van der Waals surface area contributed by atoms with Gasteiger partial charge in [-0.25, -0.2) is 5.43 Å². The van der Waals surface area contributed by atoms with Gasteiger partial charge in [-0.3, -0.25) is 4.79 Å². The van der Waals surface area contributed by atoms with Crippen LogP contribution in [0.2, 0.25) is 0 Å². The number of rotatable bonds is 6. The number of fused-ring (bicyclic) bond motifs is 1. The van der Waals surface area contributed by atoms with E-state index in [-0.39, 0.29) is 5.91 Å². The molecule has 0 radical (unpaired) electrons. The average Bonchev–Trinajstić information content (AvgIpc) is 2.68. The lowest BCUT2D eigenvalue weighted by atomic mass is 10.0. The van der Waals surface area contributed by atoms with Gasteiger partial charge in [0.25, 0.3) is 5.91 Å². The highest BCUT2D eigenvalue weighted by Gasteiger charge is 2.18. The molecule has 3 rings (SSSR count). The van der Waals surface area contributed by atoms with Gasteiger partial charge in [-0.15, -0.1) is 0 Å². The van der Waals surface area contributed by atoms with E-state index in [1.807, 2.05) is 18.2 Å². The minimum Gasteiger partial charge on any atom is -0.493 e. The summed E-state index contributed by atoms with van der Waals surface area (Å²) in [6, 6.07) is 13.7. The predicted octanol–water partition coefficient (Wildman–Crippen LogP) is 2.61. The van der Waals surface area contributed by atoms with Crippen LogP contribution in [0.1, 0.15) is 17.5 Å². The molecule has 1 aliphatic heterocycles. The molecular weight excluding hydrogens is 330 g/mol. The Labute approximate surface area is 153 Å². The first-order valence-electron chi connectivity index (χ1n) is 8.58. The van der Waals surface area contributed by atoms with Crippen LogP contribution < -0.4 is 19.8 Å². The van der Waals surface area contributed by atoms with Crippen LogP contribution in [0.25, 0.3) is 0 Å². The third kappa shape index (κ3) is 4.14. The third-order valence-electron chi connectivity index (χ3n) is 4.35. The minimum atomic E-state index is -0.140. The fraction of sp³-hybridized carbons (Fsp3) is 0.300. The fourth-order valence-corrected chi connectivity index (χ4v) is 3.10. The Bertz CT molecular complexity index is 805. The smallest absolute Gasteiger partial charge is 0.259 e. The van der Waals surface area contributed by atoms with Crippen molar-refractivity contribution in [1.29, 1.82) is 0 Å². The van der Waals surface area contributed by atoms with Crippen molar-refractivity contribution >= 4 is 17.8 Å². The summed E-state index contributed by atoms with van der Waals surface area (Å²) in [5, 5.41) is 4.05. The number of carbonyl (C=O) groups excluding carboxylic acids is 1. The molecule has 0 saturated carbocycles. The van der Waals surface area contributed by atoms with Crippen LogP contribution in [0.4, 0.5) is 5.69 Å². The molecule has 6 heteroatoms. The van der Waals surface area contributed by atoms with Gasteiger partial charge < -0.3 is 14.4 Å². The van der Waals surface area contributed by atoms with Gasteiger partial charge in [0, 0.05) is 12.2 Å². The third-order valence-corrected chi connectivity index (χ3v) is 4.35. The van der Waals surface area contributed by atoms with E-state index in [9.17, 15) is 4.79 Å². The Morgan fingerprint density at radius 2 is 2.00 bits per heavy atom. The Morgan fingerprint density at radius 3 is 2.81 bits per heavy atom. The summed E-state index contributed by atoms with van der Waals surface area (Å²) in [6.45, 7) is 1.17. The van der Waals surface area contributed by atoms with Crippen LogP contribution >= 0.6 is 0 Å². The highest BCUT2D eigenvalue weighted by atomic mass is 16.5. The topological polar surface area (TPSA) is 63.2 Å². The first kappa shape index (κ1) is 17.8. The van der Waals surface area contributed by atoms with E-state index in [1.54, 1.807) is 32.6 Å².